The van der Waals surface area contributed by atoms with Gasteiger partial charge in [-0.05, 0) is 42.0 Å². The summed E-state index contributed by atoms with van der Waals surface area (Å²) in [5.41, 5.74) is 1.92. The van der Waals surface area contributed by atoms with Crippen molar-refractivity contribution in [1.29, 1.82) is 0 Å². The Labute approximate surface area is 212 Å². The summed E-state index contributed by atoms with van der Waals surface area (Å²) in [4.78, 5) is 4.51. The van der Waals surface area contributed by atoms with Crippen LogP contribution in [0.4, 0.5) is 5.82 Å². The molecular formula is C22H21Cl4N5S. The Hall–Kier alpha value is -1.54. The number of rotatable bonds is 5. The molecule has 3 aromatic rings. The standard InChI is InChI=1S/C22H21Cl4N5S/c23-16-5-4-15(20(26)12-16)13-29-8-10-30(11-9-29)22(32)27-21-6-7-31(28-21)14-17-18(24)2-1-3-19(17)25/h1-7,12H,8-11,13-14H2,(H,27,28,32). The second-order valence-electron chi connectivity index (χ2n) is 7.53. The van der Waals surface area contributed by atoms with Crippen molar-refractivity contribution in [1.82, 2.24) is 19.6 Å². The van der Waals surface area contributed by atoms with Crippen molar-refractivity contribution in [2.24, 2.45) is 0 Å². The maximum absolute atomic E-state index is 6.31. The average molecular weight is 529 g/mol. The van der Waals surface area contributed by atoms with E-state index in [4.69, 9.17) is 58.6 Å². The van der Waals surface area contributed by atoms with Crippen LogP contribution < -0.4 is 5.32 Å². The number of benzene rings is 2. The van der Waals surface area contributed by atoms with Gasteiger partial charge in [-0.25, -0.2) is 0 Å². The minimum atomic E-state index is 0.485. The molecule has 5 nitrogen and oxygen atoms in total. The van der Waals surface area contributed by atoms with Gasteiger partial charge in [-0.3, -0.25) is 9.58 Å². The van der Waals surface area contributed by atoms with Crippen molar-refractivity contribution in [2.75, 3.05) is 31.5 Å². The molecule has 0 unspecified atom stereocenters. The highest BCUT2D eigenvalue weighted by molar-refractivity contribution is 7.80. The van der Waals surface area contributed by atoms with Crippen LogP contribution in [-0.4, -0.2) is 50.9 Å². The topological polar surface area (TPSA) is 36.3 Å². The van der Waals surface area contributed by atoms with Crippen LogP contribution in [0.3, 0.4) is 0 Å². The lowest BCUT2D eigenvalue weighted by molar-refractivity contribution is 0.177. The molecule has 1 aliphatic rings. The van der Waals surface area contributed by atoms with Crippen molar-refractivity contribution >= 4 is 69.6 Å². The van der Waals surface area contributed by atoms with Crippen LogP contribution in [0.2, 0.25) is 20.1 Å². The molecular weight excluding hydrogens is 508 g/mol. The molecule has 10 heteroatoms. The number of piperazine rings is 1. The molecule has 0 bridgehead atoms. The van der Waals surface area contributed by atoms with E-state index < -0.39 is 0 Å². The van der Waals surface area contributed by atoms with E-state index in [0.717, 1.165) is 43.9 Å². The van der Waals surface area contributed by atoms with Gasteiger partial charge in [-0.2, -0.15) is 5.10 Å². The summed E-state index contributed by atoms with van der Waals surface area (Å²) < 4.78 is 1.78. The maximum atomic E-state index is 6.31. The summed E-state index contributed by atoms with van der Waals surface area (Å²) in [7, 11) is 0. The Kier molecular flexibility index (Phi) is 7.82. The number of nitrogens with zero attached hydrogens (tertiary/aromatic N) is 4. The SMILES string of the molecule is S=C(Nc1ccn(Cc2c(Cl)cccc2Cl)n1)N1CCN(Cc2ccc(Cl)cc2Cl)CC1. The lowest BCUT2D eigenvalue weighted by Gasteiger charge is -2.36. The lowest BCUT2D eigenvalue weighted by Crippen LogP contribution is -2.49. The largest absolute Gasteiger partial charge is 0.346 e. The second-order valence-corrected chi connectivity index (χ2v) is 9.57. The third-order valence-electron chi connectivity index (χ3n) is 5.33. The van der Waals surface area contributed by atoms with Gasteiger partial charge in [0.05, 0.1) is 6.54 Å². The molecule has 0 saturated carbocycles. The summed E-state index contributed by atoms with van der Waals surface area (Å²) in [6, 6.07) is 13.0. The van der Waals surface area contributed by atoms with E-state index in [1.807, 2.05) is 42.6 Å². The fraction of sp³-hybridized carbons (Fsp3) is 0.273. The molecule has 32 heavy (non-hydrogen) atoms. The number of halogens is 4. The van der Waals surface area contributed by atoms with Crippen molar-refractivity contribution in [3.63, 3.8) is 0 Å². The summed E-state index contributed by atoms with van der Waals surface area (Å²) >= 11 is 30.4. The van der Waals surface area contributed by atoms with Gasteiger partial charge in [-0.1, -0.05) is 58.5 Å². The molecule has 0 aliphatic carbocycles. The van der Waals surface area contributed by atoms with Crippen molar-refractivity contribution in [2.45, 2.75) is 13.1 Å². The lowest BCUT2D eigenvalue weighted by atomic mass is 10.2. The van der Waals surface area contributed by atoms with Crippen molar-refractivity contribution in [3.05, 3.63) is 79.9 Å². The van der Waals surface area contributed by atoms with Gasteiger partial charge in [0.15, 0.2) is 10.9 Å². The van der Waals surface area contributed by atoms with Crippen LogP contribution in [0.5, 0.6) is 0 Å². The van der Waals surface area contributed by atoms with E-state index in [2.05, 4.69) is 20.2 Å². The molecule has 1 aliphatic heterocycles. The first-order chi connectivity index (χ1) is 15.4. The molecule has 0 amide bonds. The molecule has 1 fully saturated rings. The first-order valence-electron chi connectivity index (χ1n) is 10.1. The zero-order chi connectivity index (χ0) is 22.7. The number of nitrogens with one attached hydrogen (secondary N) is 1. The number of thiocarbonyl (C=S) groups is 1. The van der Waals surface area contributed by atoms with Gasteiger partial charge >= 0.3 is 0 Å². The quantitative estimate of drug-likeness (QED) is 0.407. The van der Waals surface area contributed by atoms with Gasteiger partial charge in [0.2, 0.25) is 0 Å². The minimum Gasteiger partial charge on any atom is -0.346 e. The van der Waals surface area contributed by atoms with Gasteiger partial charge < -0.3 is 10.2 Å². The molecule has 1 aromatic heterocycles. The van der Waals surface area contributed by atoms with Gasteiger partial charge in [0.25, 0.3) is 0 Å². The van der Waals surface area contributed by atoms with Gasteiger partial charge in [-0.15, -0.1) is 0 Å². The molecule has 168 valence electrons. The molecule has 2 heterocycles. The highest BCUT2D eigenvalue weighted by Gasteiger charge is 2.20. The smallest absolute Gasteiger partial charge is 0.174 e. The zero-order valence-corrected chi connectivity index (χ0v) is 20.9. The first kappa shape index (κ1) is 23.6. The molecule has 0 spiro atoms. The average Bonchev–Trinajstić information content (AvgIpc) is 3.20. The number of hydrogen-bond donors (Lipinski definition) is 1. The molecule has 2 aromatic carbocycles. The van der Waals surface area contributed by atoms with E-state index in [-0.39, 0.29) is 0 Å². The van der Waals surface area contributed by atoms with E-state index >= 15 is 0 Å². The Bertz CT molecular complexity index is 1090. The van der Waals surface area contributed by atoms with Gasteiger partial charge in [0, 0.05) is 70.6 Å². The van der Waals surface area contributed by atoms with Crippen LogP contribution in [0.25, 0.3) is 0 Å². The highest BCUT2D eigenvalue weighted by Crippen LogP contribution is 2.25. The highest BCUT2D eigenvalue weighted by atomic mass is 35.5. The molecule has 4 rings (SSSR count). The Balaban J connectivity index is 1.29. The van der Waals surface area contributed by atoms with Crippen molar-refractivity contribution < 1.29 is 0 Å². The Morgan fingerprint density at radius 3 is 2.31 bits per heavy atom. The van der Waals surface area contributed by atoms with Crippen LogP contribution >= 0.6 is 58.6 Å². The fourth-order valence-electron chi connectivity index (χ4n) is 3.55. The minimum absolute atomic E-state index is 0.485. The summed E-state index contributed by atoms with van der Waals surface area (Å²) in [6.45, 7) is 4.71. The van der Waals surface area contributed by atoms with E-state index in [9.17, 15) is 0 Å². The van der Waals surface area contributed by atoms with E-state index in [0.29, 0.717) is 37.6 Å². The monoisotopic (exact) mass is 527 g/mol. The number of hydrogen-bond acceptors (Lipinski definition) is 3. The normalized spacial score (nSPS) is 14.6. The number of anilines is 1. The van der Waals surface area contributed by atoms with Crippen LogP contribution in [0.15, 0.2) is 48.7 Å². The fourth-order valence-corrected chi connectivity index (χ4v) is 4.82. The van der Waals surface area contributed by atoms with E-state index in [1.165, 1.54) is 0 Å². The molecule has 1 saturated heterocycles. The second kappa shape index (κ2) is 10.6. The predicted molar refractivity (Wildman–Crippen MR) is 137 cm³/mol. The molecule has 0 atom stereocenters. The Morgan fingerprint density at radius 2 is 1.62 bits per heavy atom. The predicted octanol–water partition coefficient (Wildman–Crippen LogP) is 6.06. The summed E-state index contributed by atoms with van der Waals surface area (Å²) in [6.07, 6.45) is 1.87. The third-order valence-corrected chi connectivity index (χ3v) is 6.98. The maximum Gasteiger partial charge on any atom is 0.174 e. The summed E-state index contributed by atoms with van der Waals surface area (Å²) in [5.74, 6) is 0.688. The van der Waals surface area contributed by atoms with Gasteiger partial charge in [0.1, 0.15) is 0 Å². The molecule has 0 radical (unpaired) electrons. The van der Waals surface area contributed by atoms with Crippen LogP contribution in [0.1, 0.15) is 11.1 Å². The first-order valence-corrected chi connectivity index (χ1v) is 12.0. The van der Waals surface area contributed by atoms with Crippen molar-refractivity contribution in [3.8, 4) is 0 Å². The zero-order valence-electron chi connectivity index (χ0n) is 17.1. The van der Waals surface area contributed by atoms with Crippen LogP contribution in [-0.2, 0) is 13.1 Å². The number of aromatic nitrogens is 2. The summed E-state index contributed by atoms with van der Waals surface area (Å²) in [5, 5.41) is 11.0. The van der Waals surface area contributed by atoms with E-state index in [1.54, 1.807) is 10.7 Å². The Morgan fingerprint density at radius 1 is 0.906 bits per heavy atom. The van der Waals surface area contributed by atoms with Crippen LogP contribution in [0, 0.1) is 0 Å². The molecule has 1 N–H and O–H groups in total. The third kappa shape index (κ3) is 5.87.